The minimum atomic E-state index is -0.635. The predicted octanol–water partition coefficient (Wildman–Crippen LogP) is 5.51. The van der Waals surface area contributed by atoms with E-state index >= 15 is 0 Å². The van der Waals surface area contributed by atoms with Crippen LogP contribution in [0.3, 0.4) is 0 Å². The van der Waals surface area contributed by atoms with Gasteiger partial charge < -0.3 is 4.42 Å². The molecule has 3 aromatic carbocycles. The van der Waals surface area contributed by atoms with Gasteiger partial charge in [-0.05, 0) is 18.6 Å². The Bertz CT molecular complexity index is 1170. The van der Waals surface area contributed by atoms with E-state index in [-0.39, 0.29) is 11.3 Å². The average Bonchev–Trinajstić information content (AvgIpc) is 2.75. The molecule has 0 aliphatic rings. The summed E-state index contributed by atoms with van der Waals surface area (Å²) in [6, 6.07) is 27.8. The van der Waals surface area contributed by atoms with Gasteiger partial charge in [-0.25, -0.2) is 4.79 Å². The van der Waals surface area contributed by atoms with Crippen LogP contribution in [0.15, 0.2) is 100 Å². The van der Waals surface area contributed by atoms with Crippen LogP contribution >= 0.6 is 0 Å². The Kier molecular flexibility index (Phi) is 4.73. The zero-order valence-electron chi connectivity index (χ0n) is 15.4. The lowest BCUT2D eigenvalue weighted by Crippen LogP contribution is -2.15. The minimum Gasteiger partial charge on any atom is -0.422 e. The van der Waals surface area contributed by atoms with E-state index < -0.39 is 5.63 Å². The second-order valence-electron chi connectivity index (χ2n) is 6.62. The van der Waals surface area contributed by atoms with Crippen molar-refractivity contribution in [1.29, 1.82) is 0 Å². The standard InChI is InChI=1S/C25H18O3/c1-17-12-14-19(15-13-17)23(26)22-16-21(18-8-4-2-5-9-18)24(28-25(22)27)20-10-6-3-7-11-20/h2-16H,1H3. The largest absolute Gasteiger partial charge is 0.422 e. The Balaban J connectivity index is 1.91. The Morgan fingerprint density at radius 1 is 0.750 bits per heavy atom. The van der Waals surface area contributed by atoms with E-state index in [9.17, 15) is 9.59 Å². The smallest absolute Gasteiger partial charge is 0.347 e. The summed E-state index contributed by atoms with van der Waals surface area (Å²) in [7, 11) is 0. The molecule has 3 nitrogen and oxygen atoms in total. The molecule has 0 bridgehead atoms. The molecule has 0 saturated heterocycles. The molecule has 1 heterocycles. The molecular weight excluding hydrogens is 348 g/mol. The fraction of sp³-hybridized carbons (Fsp3) is 0.0400. The van der Waals surface area contributed by atoms with E-state index in [1.54, 1.807) is 18.2 Å². The molecule has 0 atom stereocenters. The molecule has 4 rings (SSSR count). The predicted molar refractivity (Wildman–Crippen MR) is 110 cm³/mol. The number of carbonyl (C=O) groups is 1. The molecule has 4 aromatic rings. The first-order valence-electron chi connectivity index (χ1n) is 9.04. The Labute approximate surface area is 162 Å². The molecule has 0 aliphatic carbocycles. The van der Waals surface area contributed by atoms with Crippen molar-refractivity contribution in [1.82, 2.24) is 0 Å². The van der Waals surface area contributed by atoms with Crippen LogP contribution in [-0.2, 0) is 0 Å². The zero-order valence-corrected chi connectivity index (χ0v) is 15.4. The van der Waals surface area contributed by atoms with Gasteiger partial charge in [-0.2, -0.15) is 0 Å². The van der Waals surface area contributed by atoms with Crippen molar-refractivity contribution in [3.05, 3.63) is 118 Å². The monoisotopic (exact) mass is 366 g/mol. The van der Waals surface area contributed by atoms with Gasteiger partial charge in [0.1, 0.15) is 11.3 Å². The summed E-state index contributed by atoms with van der Waals surface area (Å²) in [5.74, 6) is 0.114. The fourth-order valence-corrected chi connectivity index (χ4v) is 3.13. The number of benzene rings is 3. The molecular formula is C25H18O3. The summed E-state index contributed by atoms with van der Waals surface area (Å²) < 4.78 is 5.67. The van der Waals surface area contributed by atoms with Crippen molar-refractivity contribution in [2.75, 3.05) is 0 Å². The average molecular weight is 366 g/mol. The van der Waals surface area contributed by atoms with Crippen molar-refractivity contribution in [2.24, 2.45) is 0 Å². The van der Waals surface area contributed by atoms with Crippen LogP contribution in [0.25, 0.3) is 22.5 Å². The van der Waals surface area contributed by atoms with E-state index in [1.165, 1.54) is 0 Å². The second kappa shape index (κ2) is 7.49. The normalized spacial score (nSPS) is 10.6. The maximum atomic E-state index is 12.9. The van der Waals surface area contributed by atoms with Crippen LogP contribution in [0.4, 0.5) is 0 Å². The molecule has 0 amide bonds. The van der Waals surface area contributed by atoms with Crippen LogP contribution < -0.4 is 5.63 Å². The fourth-order valence-electron chi connectivity index (χ4n) is 3.13. The molecule has 136 valence electrons. The lowest BCUT2D eigenvalue weighted by atomic mass is 9.96. The SMILES string of the molecule is Cc1ccc(C(=O)c2cc(-c3ccccc3)c(-c3ccccc3)oc2=O)cc1. The van der Waals surface area contributed by atoms with Crippen molar-refractivity contribution in [2.45, 2.75) is 6.92 Å². The van der Waals surface area contributed by atoms with Crippen LogP contribution in [0, 0.1) is 6.92 Å². The number of carbonyl (C=O) groups excluding carboxylic acids is 1. The van der Waals surface area contributed by atoms with Gasteiger partial charge in [-0.1, -0.05) is 90.5 Å². The maximum absolute atomic E-state index is 12.9. The lowest BCUT2D eigenvalue weighted by molar-refractivity contribution is 0.103. The number of ketones is 1. The highest BCUT2D eigenvalue weighted by Gasteiger charge is 2.20. The van der Waals surface area contributed by atoms with Crippen molar-refractivity contribution < 1.29 is 9.21 Å². The van der Waals surface area contributed by atoms with Crippen molar-refractivity contribution >= 4 is 5.78 Å². The first-order valence-corrected chi connectivity index (χ1v) is 9.04. The topological polar surface area (TPSA) is 47.3 Å². The highest BCUT2D eigenvalue weighted by molar-refractivity contribution is 6.09. The molecule has 0 unspecified atom stereocenters. The quantitative estimate of drug-likeness (QED) is 0.447. The van der Waals surface area contributed by atoms with Gasteiger partial charge in [0, 0.05) is 16.7 Å². The third-order valence-corrected chi connectivity index (χ3v) is 4.63. The van der Waals surface area contributed by atoms with Crippen LogP contribution in [-0.4, -0.2) is 5.78 Å². The molecule has 0 N–H and O–H groups in total. The van der Waals surface area contributed by atoms with E-state index in [2.05, 4.69) is 0 Å². The van der Waals surface area contributed by atoms with Gasteiger partial charge in [0.2, 0.25) is 0 Å². The van der Waals surface area contributed by atoms with Gasteiger partial charge in [0.05, 0.1) is 0 Å². The van der Waals surface area contributed by atoms with Crippen molar-refractivity contribution in [3.8, 4) is 22.5 Å². The number of hydrogen-bond acceptors (Lipinski definition) is 3. The lowest BCUT2D eigenvalue weighted by Gasteiger charge is -2.10. The number of hydrogen-bond donors (Lipinski definition) is 0. The van der Waals surface area contributed by atoms with Crippen molar-refractivity contribution in [3.63, 3.8) is 0 Å². The first-order chi connectivity index (χ1) is 13.6. The summed E-state index contributed by atoms with van der Waals surface area (Å²) in [6.07, 6.45) is 0. The molecule has 28 heavy (non-hydrogen) atoms. The third-order valence-electron chi connectivity index (χ3n) is 4.63. The van der Waals surface area contributed by atoms with E-state index in [4.69, 9.17) is 4.42 Å². The van der Waals surface area contributed by atoms with Gasteiger partial charge in [0.15, 0.2) is 5.78 Å². The number of rotatable bonds is 4. The molecule has 1 aromatic heterocycles. The highest BCUT2D eigenvalue weighted by Crippen LogP contribution is 2.32. The summed E-state index contributed by atoms with van der Waals surface area (Å²) >= 11 is 0. The minimum absolute atomic E-state index is 0.0300. The molecule has 3 heteroatoms. The molecule has 0 fully saturated rings. The summed E-state index contributed by atoms with van der Waals surface area (Å²) in [5.41, 5.74) is 3.28. The summed E-state index contributed by atoms with van der Waals surface area (Å²) in [5, 5.41) is 0. The Morgan fingerprint density at radius 3 is 1.93 bits per heavy atom. The van der Waals surface area contributed by atoms with Gasteiger partial charge >= 0.3 is 5.63 Å². The van der Waals surface area contributed by atoms with Crippen LogP contribution in [0.5, 0.6) is 0 Å². The molecule has 0 saturated carbocycles. The van der Waals surface area contributed by atoms with E-state index in [1.807, 2.05) is 79.7 Å². The molecule has 0 radical (unpaired) electrons. The number of aryl methyl sites for hydroxylation is 1. The maximum Gasteiger partial charge on any atom is 0.347 e. The zero-order chi connectivity index (χ0) is 19.5. The molecule has 0 aliphatic heterocycles. The highest BCUT2D eigenvalue weighted by atomic mass is 16.4. The Hall–Kier alpha value is -3.72. The van der Waals surface area contributed by atoms with Gasteiger partial charge in [0.25, 0.3) is 0 Å². The van der Waals surface area contributed by atoms with Gasteiger partial charge in [-0.15, -0.1) is 0 Å². The summed E-state index contributed by atoms with van der Waals surface area (Å²) in [4.78, 5) is 25.6. The Morgan fingerprint density at radius 2 is 1.32 bits per heavy atom. The van der Waals surface area contributed by atoms with Gasteiger partial charge in [-0.3, -0.25) is 4.79 Å². The summed E-state index contributed by atoms with van der Waals surface area (Å²) in [6.45, 7) is 1.95. The van der Waals surface area contributed by atoms with Crippen LogP contribution in [0.1, 0.15) is 21.5 Å². The second-order valence-corrected chi connectivity index (χ2v) is 6.62. The third kappa shape index (κ3) is 3.42. The molecule has 0 spiro atoms. The first kappa shape index (κ1) is 17.7. The van der Waals surface area contributed by atoms with Crippen LogP contribution in [0.2, 0.25) is 0 Å². The van der Waals surface area contributed by atoms with E-state index in [0.717, 1.165) is 16.7 Å². The van der Waals surface area contributed by atoms with E-state index in [0.29, 0.717) is 16.9 Å².